The van der Waals surface area contributed by atoms with Gasteiger partial charge >= 0.3 is 5.97 Å². The SMILES string of the molecule is Cc1cc(CCC23CC4CC(CC(C4)C2)C3)cc(C(C)c2ncc(C(=O)O)[nH]2)c1C. The Morgan fingerprint density at radius 3 is 2.37 bits per heavy atom. The highest BCUT2D eigenvalue weighted by Crippen LogP contribution is 2.61. The number of hydrogen-bond donors (Lipinski definition) is 2. The van der Waals surface area contributed by atoms with Crippen molar-refractivity contribution < 1.29 is 9.90 Å². The highest BCUT2D eigenvalue weighted by molar-refractivity contribution is 5.85. The predicted octanol–water partition coefficient (Wildman–Crippen LogP) is 6.03. The van der Waals surface area contributed by atoms with Crippen molar-refractivity contribution in [3.05, 3.63) is 52.1 Å². The third-order valence-corrected chi connectivity index (χ3v) is 8.58. The Morgan fingerprint density at radius 2 is 1.80 bits per heavy atom. The highest BCUT2D eigenvalue weighted by atomic mass is 16.4. The van der Waals surface area contributed by atoms with Gasteiger partial charge in [0, 0.05) is 5.92 Å². The lowest BCUT2D eigenvalue weighted by atomic mass is 9.48. The van der Waals surface area contributed by atoms with Crippen molar-refractivity contribution in [3.8, 4) is 0 Å². The summed E-state index contributed by atoms with van der Waals surface area (Å²) in [6.07, 6.45) is 12.8. The number of aromatic nitrogens is 2. The summed E-state index contributed by atoms with van der Waals surface area (Å²) in [4.78, 5) is 18.6. The van der Waals surface area contributed by atoms with E-state index in [-0.39, 0.29) is 11.6 Å². The fourth-order valence-corrected chi connectivity index (χ4v) is 7.38. The fourth-order valence-electron chi connectivity index (χ4n) is 7.38. The molecule has 0 aliphatic heterocycles. The van der Waals surface area contributed by atoms with E-state index in [0.717, 1.165) is 30.0 Å². The van der Waals surface area contributed by atoms with Gasteiger partial charge in [-0.05, 0) is 111 Å². The Morgan fingerprint density at radius 1 is 1.17 bits per heavy atom. The van der Waals surface area contributed by atoms with Crippen LogP contribution < -0.4 is 0 Å². The van der Waals surface area contributed by atoms with Crippen LogP contribution >= 0.6 is 0 Å². The minimum atomic E-state index is -0.960. The second-order valence-electron chi connectivity index (χ2n) is 10.8. The van der Waals surface area contributed by atoms with E-state index in [2.05, 4.69) is 42.9 Å². The minimum Gasteiger partial charge on any atom is -0.477 e. The van der Waals surface area contributed by atoms with Crippen LogP contribution in [-0.2, 0) is 6.42 Å². The first kappa shape index (κ1) is 19.8. The number of rotatable bonds is 6. The minimum absolute atomic E-state index is 0.0521. The standard InChI is InChI=1S/C26H34N2O2/c1-15-6-18(4-5-26-11-19-7-20(12-26)9-21(8-19)13-26)10-22(16(15)2)17(3)24-27-14-23(28-24)25(29)30/h6,10,14,17,19-21H,4-5,7-9,11-13H2,1-3H3,(H,27,28)(H,29,30). The number of nitrogens with zero attached hydrogens (tertiary/aromatic N) is 1. The van der Waals surface area contributed by atoms with Gasteiger partial charge in [0.05, 0.1) is 6.20 Å². The summed E-state index contributed by atoms with van der Waals surface area (Å²) in [5, 5.41) is 9.21. The van der Waals surface area contributed by atoms with E-state index in [9.17, 15) is 9.90 Å². The second kappa shape index (κ2) is 7.25. The van der Waals surface area contributed by atoms with Crippen LogP contribution in [0.2, 0.25) is 0 Å². The van der Waals surface area contributed by atoms with Crippen LogP contribution in [0.5, 0.6) is 0 Å². The van der Waals surface area contributed by atoms with Crippen LogP contribution in [0, 0.1) is 37.0 Å². The molecule has 2 aromatic rings. The molecule has 4 aliphatic carbocycles. The zero-order valence-electron chi connectivity index (χ0n) is 18.5. The van der Waals surface area contributed by atoms with E-state index in [1.807, 2.05) is 0 Å². The number of aryl methyl sites for hydroxylation is 2. The Kier molecular flexibility index (Phi) is 4.79. The largest absolute Gasteiger partial charge is 0.477 e. The molecule has 1 atom stereocenters. The van der Waals surface area contributed by atoms with Crippen LogP contribution in [0.4, 0.5) is 0 Å². The van der Waals surface area contributed by atoms with Gasteiger partial charge in [0.2, 0.25) is 0 Å². The van der Waals surface area contributed by atoms with Crippen molar-refractivity contribution in [1.82, 2.24) is 9.97 Å². The molecule has 4 bridgehead atoms. The summed E-state index contributed by atoms with van der Waals surface area (Å²) in [6, 6.07) is 4.73. The first-order valence-corrected chi connectivity index (χ1v) is 11.7. The maximum Gasteiger partial charge on any atom is 0.353 e. The van der Waals surface area contributed by atoms with Crippen LogP contribution in [0.15, 0.2) is 18.3 Å². The van der Waals surface area contributed by atoms with Gasteiger partial charge in [-0.1, -0.05) is 19.1 Å². The Hall–Kier alpha value is -2.10. The maximum absolute atomic E-state index is 11.2. The van der Waals surface area contributed by atoms with E-state index in [4.69, 9.17) is 0 Å². The molecule has 0 saturated heterocycles. The van der Waals surface area contributed by atoms with Gasteiger partial charge in [0.25, 0.3) is 0 Å². The molecule has 1 unspecified atom stereocenters. The van der Waals surface area contributed by atoms with Gasteiger partial charge in [0.15, 0.2) is 0 Å². The number of hydrogen-bond acceptors (Lipinski definition) is 2. The molecule has 6 rings (SSSR count). The molecule has 30 heavy (non-hydrogen) atoms. The molecule has 1 heterocycles. The van der Waals surface area contributed by atoms with Crippen LogP contribution in [-0.4, -0.2) is 21.0 Å². The topological polar surface area (TPSA) is 66.0 Å². The van der Waals surface area contributed by atoms with Gasteiger partial charge in [-0.3, -0.25) is 0 Å². The smallest absolute Gasteiger partial charge is 0.353 e. The lowest BCUT2D eigenvalue weighted by Gasteiger charge is -2.57. The number of H-pyrrole nitrogens is 1. The molecule has 160 valence electrons. The molecular formula is C26H34N2O2. The van der Waals surface area contributed by atoms with Gasteiger partial charge < -0.3 is 10.1 Å². The Labute approximate surface area is 179 Å². The zero-order chi connectivity index (χ0) is 21.0. The van der Waals surface area contributed by atoms with Crippen molar-refractivity contribution in [2.24, 2.45) is 23.2 Å². The summed E-state index contributed by atoms with van der Waals surface area (Å²) in [5.74, 6) is 2.85. The first-order chi connectivity index (χ1) is 14.3. The third-order valence-electron chi connectivity index (χ3n) is 8.58. The van der Waals surface area contributed by atoms with Crippen LogP contribution in [0.1, 0.15) is 96.4 Å². The number of aromatic amines is 1. The fraction of sp³-hybridized carbons (Fsp3) is 0.615. The number of carbonyl (C=O) groups is 1. The van der Waals surface area contributed by atoms with Crippen molar-refractivity contribution in [2.45, 2.75) is 78.1 Å². The van der Waals surface area contributed by atoms with Crippen molar-refractivity contribution in [2.75, 3.05) is 0 Å². The molecule has 4 nitrogen and oxygen atoms in total. The Bertz CT molecular complexity index is 938. The summed E-state index contributed by atoms with van der Waals surface area (Å²) < 4.78 is 0. The van der Waals surface area contributed by atoms with Gasteiger partial charge in [-0.25, -0.2) is 9.78 Å². The summed E-state index contributed by atoms with van der Waals surface area (Å²) in [7, 11) is 0. The molecule has 4 aliphatic rings. The zero-order valence-corrected chi connectivity index (χ0v) is 18.5. The van der Waals surface area contributed by atoms with Gasteiger partial charge in [0.1, 0.15) is 11.5 Å². The summed E-state index contributed by atoms with van der Waals surface area (Å²) >= 11 is 0. The third kappa shape index (κ3) is 3.48. The average Bonchev–Trinajstić information content (AvgIpc) is 3.18. The van der Waals surface area contributed by atoms with Crippen molar-refractivity contribution in [3.63, 3.8) is 0 Å². The molecule has 2 N–H and O–H groups in total. The number of benzene rings is 1. The van der Waals surface area contributed by atoms with Crippen molar-refractivity contribution in [1.29, 1.82) is 0 Å². The second-order valence-corrected chi connectivity index (χ2v) is 10.8. The number of carboxylic acids is 1. The molecule has 1 aromatic carbocycles. The normalized spacial score (nSPS) is 30.6. The molecule has 4 heteroatoms. The first-order valence-electron chi connectivity index (χ1n) is 11.7. The Balaban J connectivity index is 1.36. The number of aromatic carboxylic acids is 1. The molecule has 0 radical (unpaired) electrons. The lowest BCUT2D eigenvalue weighted by Crippen LogP contribution is -2.46. The van der Waals surface area contributed by atoms with Crippen LogP contribution in [0.3, 0.4) is 0 Å². The van der Waals surface area contributed by atoms with E-state index >= 15 is 0 Å². The van der Waals surface area contributed by atoms with Gasteiger partial charge in [-0.2, -0.15) is 0 Å². The summed E-state index contributed by atoms with van der Waals surface area (Å²) in [5.41, 5.74) is 6.07. The maximum atomic E-state index is 11.2. The molecule has 1 aromatic heterocycles. The highest BCUT2D eigenvalue weighted by Gasteiger charge is 2.50. The van der Waals surface area contributed by atoms with E-state index in [1.165, 1.54) is 73.4 Å². The average molecular weight is 407 g/mol. The monoisotopic (exact) mass is 406 g/mol. The van der Waals surface area contributed by atoms with Gasteiger partial charge in [-0.15, -0.1) is 0 Å². The predicted molar refractivity (Wildman–Crippen MR) is 118 cm³/mol. The van der Waals surface area contributed by atoms with E-state index < -0.39 is 5.97 Å². The molecule has 4 saturated carbocycles. The molecule has 4 fully saturated rings. The lowest BCUT2D eigenvalue weighted by molar-refractivity contribution is -0.0569. The quantitative estimate of drug-likeness (QED) is 0.616. The summed E-state index contributed by atoms with van der Waals surface area (Å²) in [6.45, 7) is 6.49. The number of imidazole rings is 1. The van der Waals surface area contributed by atoms with Crippen LogP contribution in [0.25, 0.3) is 0 Å². The number of carboxylic acid groups (broad SMARTS) is 1. The van der Waals surface area contributed by atoms with Crippen molar-refractivity contribution >= 4 is 5.97 Å². The van der Waals surface area contributed by atoms with E-state index in [0.29, 0.717) is 5.41 Å². The molecule has 0 spiro atoms. The molecular weight excluding hydrogens is 372 g/mol. The van der Waals surface area contributed by atoms with E-state index in [1.54, 1.807) is 0 Å². The number of nitrogens with one attached hydrogen (secondary N) is 1. The molecule has 0 amide bonds.